The lowest BCUT2D eigenvalue weighted by molar-refractivity contribution is -0.148. The molecule has 0 aliphatic heterocycles. The van der Waals surface area contributed by atoms with E-state index in [0.29, 0.717) is 23.5 Å². The van der Waals surface area contributed by atoms with E-state index in [1.54, 1.807) is 54.6 Å². The lowest BCUT2D eigenvalue weighted by Gasteiger charge is -2.08. The minimum absolute atomic E-state index is 0.0398. The number of amides is 2. The molecule has 0 saturated heterocycles. The monoisotopic (exact) mass is 440 g/mol. The fraction of sp³-hybridized carbons (Fsp3) is 0.333. The quantitative estimate of drug-likeness (QED) is 0.227. The minimum atomic E-state index is -0.691. The Morgan fingerprint density at radius 3 is 2.22 bits per heavy atom. The number of rotatable bonds is 12. The van der Waals surface area contributed by atoms with Gasteiger partial charge in [-0.25, -0.2) is 0 Å². The van der Waals surface area contributed by atoms with Crippen molar-refractivity contribution in [2.75, 3.05) is 13.2 Å². The Morgan fingerprint density at radius 1 is 0.812 bits per heavy atom. The van der Waals surface area contributed by atoms with Crippen molar-refractivity contribution in [2.45, 2.75) is 39.0 Å². The lowest BCUT2D eigenvalue weighted by atomic mass is 10.1. The summed E-state index contributed by atoms with van der Waals surface area (Å²) in [6, 6.07) is 15.1. The van der Waals surface area contributed by atoms with Crippen molar-refractivity contribution >= 4 is 23.6 Å². The van der Waals surface area contributed by atoms with Crippen LogP contribution in [0.2, 0.25) is 0 Å². The SMILES string of the molecule is CCCCCOc1ccc(C(=O)CCC(=O)OCC(=O)NNC(=O)c2ccccc2)cc1. The number of hydrogen-bond acceptors (Lipinski definition) is 6. The second-order valence-electron chi connectivity index (χ2n) is 7.03. The molecule has 2 amide bonds. The number of nitrogens with one attached hydrogen (secondary N) is 2. The van der Waals surface area contributed by atoms with Gasteiger partial charge in [-0.2, -0.15) is 0 Å². The number of carbonyl (C=O) groups is 4. The van der Waals surface area contributed by atoms with Crippen LogP contribution in [-0.2, 0) is 14.3 Å². The summed E-state index contributed by atoms with van der Waals surface area (Å²) < 4.78 is 10.4. The van der Waals surface area contributed by atoms with Gasteiger partial charge < -0.3 is 9.47 Å². The van der Waals surface area contributed by atoms with Crippen LogP contribution in [0.4, 0.5) is 0 Å². The van der Waals surface area contributed by atoms with Crippen LogP contribution in [0.15, 0.2) is 54.6 Å². The number of Topliss-reactive ketones (excluding diaryl/α,β-unsaturated/α-hetero) is 1. The molecular formula is C24H28N2O6. The second kappa shape index (κ2) is 13.6. The highest BCUT2D eigenvalue weighted by Crippen LogP contribution is 2.15. The van der Waals surface area contributed by atoms with Gasteiger partial charge in [-0.1, -0.05) is 38.0 Å². The smallest absolute Gasteiger partial charge is 0.306 e. The summed E-state index contributed by atoms with van der Waals surface area (Å²) in [5.41, 5.74) is 5.23. The fourth-order valence-corrected chi connectivity index (χ4v) is 2.68. The van der Waals surface area contributed by atoms with Gasteiger partial charge >= 0.3 is 5.97 Å². The molecule has 0 spiro atoms. The zero-order chi connectivity index (χ0) is 23.2. The predicted molar refractivity (Wildman–Crippen MR) is 118 cm³/mol. The van der Waals surface area contributed by atoms with Gasteiger partial charge in [0, 0.05) is 17.5 Å². The van der Waals surface area contributed by atoms with Gasteiger partial charge in [-0.05, 0) is 42.8 Å². The number of esters is 1. The van der Waals surface area contributed by atoms with Gasteiger partial charge in [0.1, 0.15) is 5.75 Å². The maximum atomic E-state index is 12.2. The van der Waals surface area contributed by atoms with Crippen LogP contribution in [0, 0.1) is 0 Å². The largest absolute Gasteiger partial charge is 0.494 e. The number of benzene rings is 2. The molecule has 0 heterocycles. The molecule has 2 N–H and O–H groups in total. The Balaban J connectivity index is 1.64. The van der Waals surface area contributed by atoms with E-state index in [9.17, 15) is 19.2 Å². The number of unbranched alkanes of at least 4 members (excludes halogenated alkanes) is 2. The number of hydrogen-bond donors (Lipinski definition) is 2. The standard InChI is InChI=1S/C24H28N2O6/c1-2-3-7-16-31-20-12-10-18(11-13-20)21(27)14-15-23(29)32-17-22(28)25-26-24(30)19-8-5-4-6-9-19/h4-6,8-13H,2-3,7,14-17H2,1H3,(H,25,28)(H,26,30). The average Bonchev–Trinajstić information content (AvgIpc) is 2.83. The Bertz CT molecular complexity index is 896. The summed E-state index contributed by atoms with van der Waals surface area (Å²) in [6.07, 6.45) is 3.02. The van der Waals surface area contributed by atoms with E-state index >= 15 is 0 Å². The average molecular weight is 440 g/mol. The van der Waals surface area contributed by atoms with Crippen LogP contribution in [0.25, 0.3) is 0 Å². The highest BCUT2D eigenvalue weighted by molar-refractivity contribution is 5.98. The Morgan fingerprint density at radius 2 is 1.53 bits per heavy atom. The molecular weight excluding hydrogens is 412 g/mol. The normalized spacial score (nSPS) is 10.2. The molecule has 8 heteroatoms. The molecule has 2 rings (SSSR count). The van der Waals surface area contributed by atoms with Crippen LogP contribution in [-0.4, -0.2) is 36.8 Å². The third-order valence-corrected chi connectivity index (χ3v) is 4.46. The topological polar surface area (TPSA) is 111 Å². The maximum absolute atomic E-state index is 12.2. The Hall–Kier alpha value is -3.68. The third-order valence-electron chi connectivity index (χ3n) is 4.46. The molecule has 2 aromatic carbocycles. The zero-order valence-corrected chi connectivity index (χ0v) is 18.1. The van der Waals surface area contributed by atoms with Gasteiger partial charge in [0.2, 0.25) is 0 Å². The van der Waals surface area contributed by atoms with Gasteiger partial charge in [-0.3, -0.25) is 30.0 Å². The van der Waals surface area contributed by atoms with Gasteiger partial charge in [0.05, 0.1) is 13.0 Å². The summed E-state index contributed by atoms with van der Waals surface area (Å²) in [6.45, 7) is 2.19. The summed E-state index contributed by atoms with van der Waals surface area (Å²) in [5, 5.41) is 0. The molecule has 0 aromatic heterocycles. The summed E-state index contributed by atoms with van der Waals surface area (Å²) in [4.78, 5) is 47.6. The number of hydrazine groups is 1. The summed E-state index contributed by atoms with van der Waals surface area (Å²) >= 11 is 0. The van der Waals surface area contributed by atoms with Crippen molar-refractivity contribution in [3.05, 3.63) is 65.7 Å². The van der Waals surface area contributed by atoms with E-state index in [1.165, 1.54) is 0 Å². The summed E-state index contributed by atoms with van der Waals surface area (Å²) in [7, 11) is 0. The molecule has 2 aromatic rings. The number of ketones is 1. The molecule has 0 aliphatic rings. The van der Waals surface area contributed by atoms with Gasteiger partial charge in [0.15, 0.2) is 12.4 Å². The van der Waals surface area contributed by atoms with Crippen molar-refractivity contribution in [1.29, 1.82) is 0 Å². The van der Waals surface area contributed by atoms with E-state index < -0.39 is 24.4 Å². The third kappa shape index (κ3) is 8.99. The summed E-state index contributed by atoms with van der Waals surface area (Å²) in [5.74, 6) is -1.38. The Kier molecular flexibility index (Phi) is 10.4. The number of carbonyl (C=O) groups excluding carboxylic acids is 4. The highest BCUT2D eigenvalue weighted by Gasteiger charge is 2.13. The molecule has 170 valence electrons. The van der Waals surface area contributed by atoms with E-state index in [0.717, 1.165) is 19.3 Å². The van der Waals surface area contributed by atoms with Gasteiger partial charge in [-0.15, -0.1) is 0 Å². The molecule has 0 bridgehead atoms. The molecule has 0 fully saturated rings. The molecule has 0 radical (unpaired) electrons. The van der Waals surface area contributed by atoms with Crippen molar-refractivity contribution in [1.82, 2.24) is 10.9 Å². The van der Waals surface area contributed by atoms with Crippen molar-refractivity contribution in [2.24, 2.45) is 0 Å². The minimum Gasteiger partial charge on any atom is -0.494 e. The molecule has 8 nitrogen and oxygen atoms in total. The van der Waals surface area contributed by atoms with Crippen LogP contribution in [0.3, 0.4) is 0 Å². The Labute approximate surface area is 187 Å². The second-order valence-corrected chi connectivity index (χ2v) is 7.03. The molecule has 0 saturated carbocycles. The lowest BCUT2D eigenvalue weighted by Crippen LogP contribution is -2.43. The van der Waals surface area contributed by atoms with Crippen LogP contribution >= 0.6 is 0 Å². The van der Waals surface area contributed by atoms with Crippen LogP contribution in [0.1, 0.15) is 59.7 Å². The van der Waals surface area contributed by atoms with E-state index in [4.69, 9.17) is 9.47 Å². The first-order chi connectivity index (χ1) is 15.5. The van der Waals surface area contributed by atoms with Crippen molar-refractivity contribution in [3.8, 4) is 5.75 Å². The van der Waals surface area contributed by atoms with E-state index in [-0.39, 0.29) is 18.6 Å². The van der Waals surface area contributed by atoms with Crippen LogP contribution < -0.4 is 15.6 Å². The first-order valence-electron chi connectivity index (χ1n) is 10.6. The van der Waals surface area contributed by atoms with Crippen LogP contribution in [0.5, 0.6) is 5.75 Å². The zero-order valence-electron chi connectivity index (χ0n) is 18.1. The van der Waals surface area contributed by atoms with Gasteiger partial charge in [0.25, 0.3) is 11.8 Å². The molecule has 32 heavy (non-hydrogen) atoms. The predicted octanol–water partition coefficient (Wildman–Crippen LogP) is 3.22. The first-order valence-corrected chi connectivity index (χ1v) is 10.6. The van der Waals surface area contributed by atoms with Crippen molar-refractivity contribution < 1.29 is 28.7 Å². The van der Waals surface area contributed by atoms with E-state index in [2.05, 4.69) is 17.8 Å². The molecule has 0 aliphatic carbocycles. The molecule has 0 unspecified atom stereocenters. The van der Waals surface area contributed by atoms with Crippen molar-refractivity contribution in [3.63, 3.8) is 0 Å². The fourth-order valence-electron chi connectivity index (χ4n) is 2.68. The van der Waals surface area contributed by atoms with E-state index in [1.807, 2.05) is 0 Å². The highest BCUT2D eigenvalue weighted by atomic mass is 16.5. The maximum Gasteiger partial charge on any atom is 0.306 e. The number of ether oxygens (including phenoxy) is 2. The molecule has 0 atom stereocenters. The first kappa shape index (κ1) is 24.6.